The number of hydrogen-bond acceptors (Lipinski definition) is 5. The fourth-order valence-electron chi connectivity index (χ4n) is 3.11. The van der Waals surface area contributed by atoms with E-state index in [0.29, 0.717) is 30.4 Å². The molecule has 1 aliphatic heterocycles. The zero-order valence-electron chi connectivity index (χ0n) is 17.2. The van der Waals surface area contributed by atoms with Crippen molar-refractivity contribution in [2.75, 3.05) is 13.9 Å². The molecule has 0 fully saturated rings. The lowest BCUT2D eigenvalue weighted by Gasteiger charge is -2.11. The van der Waals surface area contributed by atoms with E-state index in [2.05, 4.69) is 5.32 Å². The monoisotopic (exact) mass is 417 g/mol. The lowest BCUT2D eigenvalue weighted by Crippen LogP contribution is -2.20. The van der Waals surface area contributed by atoms with Crippen molar-refractivity contribution in [2.24, 2.45) is 0 Å². The van der Waals surface area contributed by atoms with Crippen LogP contribution in [0.1, 0.15) is 16.7 Å². The van der Waals surface area contributed by atoms with Crippen molar-refractivity contribution in [3.8, 4) is 23.0 Å². The maximum atomic E-state index is 12.2. The molecule has 31 heavy (non-hydrogen) atoms. The van der Waals surface area contributed by atoms with Crippen LogP contribution in [-0.4, -0.2) is 19.8 Å². The van der Waals surface area contributed by atoms with Gasteiger partial charge < -0.3 is 24.3 Å². The second kappa shape index (κ2) is 9.71. The Morgan fingerprint density at radius 2 is 1.81 bits per heavy atom. The second-order valence-corrected chi connectivity index (χ2v) is 6.92. The quantitative estimate of drug-likeness (QED) is 0.553. The van der Waals surface area contributed by atoms with E-state index in [1.54, 1.807) is 13.2 Å². The average Bonchev–Trinajstić information content (AvgIpc) is 3.29. The predicted octanol–water partition coefficient (Wildman–Crippen LogP) is 4.33. The Morgan fingerprint density at radius 3 is 2.65 bits per heavy atom. The molecule has 1 aliphatic rings. The van der Waals surface area contributed by atoms with Gasteiger partial charge in [0.15, 0.2) is 23.0 Å². The number of rotatable bonds is 8. The van der Waals surface area contributed by atoms with Crippen LogP contribution in [0.4, 0.5) is 0 Å². The van der Waals surface area contributed by atoms with Crippen LogP contribution in [0.25, 0.3) is 6.08 Å². The minimum Gasteiger partial charge on any atom is -0.493 e. The first-order chi connectivity index (χ1) is 15.2. The van der Waals surface area contributed by atoms with Gasteiger partial charge in [-0.15, -0.1) is 0 Å². The lowest BCUT2D eigenvalue weighted by molar-refractivity contribution is -0.116. The van der Waals surface area contributed by atoms with E-state index in [4.69, 9.17) is 18.9 Å². The number of amides is 1. The summed E-state index contributed by atoms with van der Waals surface area (Å²) in [6.45, 7) is 1.08. The Hall–Kier alpha value is -3.93. The van der Waals surface area contributed by atoms with Crippen molar-refractivity contribution in [1.82, 2.24) is 5.32 Å². The summed E-state index contributed by atoms with van der Waals surface area (Å²) in [4.78, 5) is 12.2. The van der Waals surface area contributed by atoms with E-state index in [1.807, 2.05) is 66.7 Å². The summed E-state index contributed by atoms with van der Waals surface area (Å²) in [5, 5.41) is 2.86. The molecular formula is C25H23NO5. The van der Waals surface area contributed by atoms with Crippen LogP contribution in [0.15, 0.2) is 72.8 Å². The molecule has 0 atom stereocenters. The first-order valence-electron chi connectivity index (χ1n) is 9.90. The first-order valence-corrected chi connectivity index (χ1v) is 9.90. The molecule has 1 heterocycles. The smallest absolute Gasteiger partial charge is 0.244 e. The van der Waals surface area contributed by atoms with Gasteiger partial charge in [-0.3, -0.25) is 4.79 Å². The van der Waals surface area contributed by atoms with Crippen molar-refractivity contribution < 1.29 is 23.7 Å². The maximum absolute atomic E-state index is 12.2. The Bertz CT molecular complexity index is 1080. The Morgan fingerprint density at radius 1 is 0.968 bits per heavy atom. The number of benzene rings is 3. The molecule has 3 aromatic carbocycles. The summed E-state index contributed by atoms with van der Waals surface area (Å²) >= 11 is 0. The topological polar surface area (TPSA) is 66.0 Å². The van der Waals surface area contributed by atoms with Crippen molar-refractivity contribution in [1.29, 1.82) is 0 Å². The molecule has 0 radical (unpaired) electrons. The number of nitrogens with one attached hydrogen (secondary N) is 1. The van der Waals surface area contributed by atoms with Crippen LogP contribution in [-0.2, 0) is 17.9 Å². The second-order valence-electron chi connectivity index (χ2n) is 6.92. The summed E-state index contributed by atoms with van der Waals surface area (Å²) in [5.74, 6) is 2.49. The van der Waals surface area contributed by atoms with Crippen LogP contribution >= 0.6 is 0 Å². The molecule has 0 aliphatic carbocycles. The third-order valence-electron chi connectivity index (χ3n) is 4.76. The molecule has 158 valence electrons. The molecule has 1 N–H and O–H groups in total. The molecule has 0 saturated carbocycles. The number of carbonyl (C=O) groups excluding carboxylic acids is 1. The highest BCUT2D eigenvalue weighted by molar-refractivity contribution is 5.91. The number of carbonyl (C=O) groups is 1. The van der Waals surface area contributed by atoms with Gasteiger partial charge in [-0.25, -0.2) is 0 Å². The molecule has 0 aromatic heterocycles. The van der Waals surface area contributed by atoms with Gasteiger partial charge >= 0.3 is 0 Å². The number of fused-ring (bicyclic) bond motifs is 1. The fraction of sp³-hybridized carbons (Fsp3) is 0.160. The highest BCUT2D eigenvalue weighted by atomic mass is 16.7. The molecular weight excluding hydrogens is 394 g/mol. The van der Waals surface area contributed by atoms with E-state index in [0.717, 1.165) is 22.4 Å². The molecule has 0 unspecified atom stereocenters. The third-order valence-corrected chi connectivity index (χ3v) is 4.76. The van der Waals surface area contributed by atoms with Crippen LogP contribution in [0.5, 0.6) is 23.0 Å². The fourth-order valence-corrected chi connectivity index (χ4v) is 3.11. The van der Waals surface area contributed by atoms with Gasteiger partial charge in [0.05, 0.1) is 7.11 Å². The van der Waals surface area contributed by atoms with Crippen LogP contribution in [0.3, 0.4) is 0 Å². The van der Waals surface area contributed by atoms with Gasteiger partial charge in [-0.2, -0.15) is 0 Å². The molecule has 0 bridgehead atoms. The van der Waals surface area contributed by atoms with Crippen LogP contribution in [0.2, 0.25) is 0 Å². The van der Waals surface area contributed by atoms with Crippen LogP contribution in [0, 0.1) is 0 Å². The molecule has 1 amide bonds. The van der Waals surface area contributed by atoms with E-state index in [1.165, 1.54) is 6.08 Å². The Balaban J connectivity index is 1.33. The largest absolute Gasteiger partial charge is 0.493 e. The number of methoxy groups -OCH3 is 1. The zero-order chi connectivity index (χ0) is 21.5. The van der Waals surface area contributed by atoms with E-state index < -0.39 is 0 Å². The Kier molecular flexibility index (Phi) is 6.38. The minimum atomic E-state index is -0.193. The summed E-state index contributed by atoms with van der Waals surface area (Å²) in [6, 6.07) is 21.1. The average molecular weight is 417 g/mol. The zero-order valence-corrected chi connectivity index (χ0v) is 17.2. The third kappa shape index (κ3) is 5.36. The predicted molar refractivity (Wildman–Crippen MR) is 117 cm³/mol. The lowest BCUT2D eigenvalue weighted by atomic mass is 10.1. The van der Waals surface area contributed by atoms with E-state index >= 15 is 0 Å². The van der Waals surface area contributed by atoms with Crippen molar-refractivity contribution >= 4 is 12.0 Å². The van der Waals surface area contributed by atoms with Crippen LogP contribution < -0.4 is 24.3 Å². The number of hydrogen-bond donors (Lipinski definition) is 1. The molecule has 3 aromatic rings. The summed E-state index contributed by atoms with van der Waals surface area (Å²) in [5.41, 5.74) is 2.85. The highest BCUT2D eigenvalue weighted by Crippen LogP contribution is 2.32. The molecule has 4 rings (SSSR count). The SMILES string of the molecule is COc1cc(/C=C/C(=O)NCc2ccc3c(c2)OCO3)ccc1OCc1ccccc1. The summed E-state index contributed by atoms with van der Waals surface area (Å²) in [6.07, 6.45) is 3.23. The van der Waals surface area contributed by atoms with Crippen molar-refractivity contribution in [3.63, 3.8) is 0 Å². The van der Waals surface area contributed by atoms with Gasteiger partial charge in [0.1, 0.15) is 6.61 Å². The van der Waals surface area contributed by atoms with Gasteiger partial charge in [0.25, 0.3) is 0 Å². The normalized spacial score (nSPS) is 12.0. The van der Waals surface area contributed by atoms with E-state index in [-0.39, 0.29) is 12.7 Å². The van der Waals surface area contributed by atoms with Gasteiger partial charge in [-0.05, 0) is 47.0 Å². The summed E-state index contributed by atoms with van der Waals surface area (Å²) < 4.78 is 22.0. The van der Waals surface area contributed by atoms with Gasteiger partial charge in [0.2, 0.25) is 12.7 Å². The molecule has 6 nitrogen and oxygen atoms in total. The minimum absolute atomic E-state index is 0.193. The molecule has 0 saturated heterocycles. The first kappa shape index (κ1) is 20.3. The molecule has 0 spiro atoms. The molecule has 6 heteroatoms. The number of ether oxygens (including phenoxy) is 4. The van der Waals surface area contributed by atoms with E-state index in [9.17, 15) is 4.79 Å². The van der Waals surface area contributed by atoms with Crippen molar-refractivity contribution in [2.45, 2.75) is 13.2 Å². The van der Waals surface area contributed by atoms with Gasteiger partial charge in [-0.1, -0.05) is 42.5 Å². The maximum Gasteiger partial charge on any atom is 0.244 e. The van der Waals surface area contributed by atoms with Crippen molar-refractivity contribution in [3.05, 3.63) is 89.5 Å². The summed E-state index contributed by atoms with van der Waals surface area (Å²) in [7, 11) is 1.59. The highest BCUT2D eigenvalue weighted by Gasteiger charge is 2.13. The van der Waals surface area contributed by atoms with Gasteiger partial charge in [0, 0.05) is 12.6 Å². The Labute approximate surface area is 181 Å². The standard InChI is InChI=1S/C25H23NO5/c1-28-23-13-18(7-10-21(23)29-16-19-5-3-2-4-6-19)9-12-25(27)26-15-20-8-11-22-24(14-20)31-17-30-22/h2-14H,15-17H2,1H3,(H,26,27)/b12-9+.